The van der Waals surface area contributed by atoms with Gasteiger partial charge in [-0.3, -0.25) is 10.1 Å². The molecule has 1 aliphatic rings. The highest BCUT2D eigenvalue weighted by molar-refractivity contribution is 5.43. The fourth-order valence-electron chi connectivity index (χ4n) is 3.18. The third kappa shape index (κ3) is 4.43. The summed E-state index contributed by atoms with van der Waals surface area (Å²) in [6, 6.07) is 4.50. The first kappa shape index (κ1) is 17.7. The fourth-order valence-corrected chi connectivity index (χ4v) is 3.18. The lowest BCUT2D eigenvalue weighted by molar-refractivity contribution is -0.385. The predicted molar refractivity (Wildman–Crippen MR) is 81.2 cm³/mol. The predicted octanol–water partition coefficient (Wildman–Crippen LogP) is 4.67. The van der Waals surface area contributed by atoms with Crippen molar-refractivity contribution in [2.24, 2.45) is 5.92 Å². The zero-order chi connectivity index (χ0) is 17.2. The first-order valence-electron chi connectivity index (χ1n) is 7.76. The maximum atomic E-state index is 12.9. The summed E-state index contributed by atoms with van der Waals surface area (Å²) < 4.78 is 38.6. The summed E-state index contributed by atoms with van der Waals surface area (Å²) in [6.07, 6.45) is -2.65. The van der Waals surface area contributed by atoms with Crippen molar-refractivity contribution in [2.45, 2.75) is 57.8 Å². The standard InChI is InChI=1S/C16H21F3N2O2/c1-10-6-7-12(8-15(10)21(22)23)11(2)20-14-5-3-4-13(9-14)16(17,18)19/h6-8,11,13-14,20H,3-5,9H2,1-2H3. The van der Waals surface area contributed by atoms with E-state index in [0.717, 1.165) is 5.56 Å². The summed E-state index contributed by atoms with van der Waals surface area (Å²) in [5, 5.41) is 14.2. The molecule has 0 heterocycles. The van der Waals surface area contributed by atoms with Crippen LogP contribution >= 0.6 is 0 Å². The smallest absolute Gasteiger partial charge is 0.307 e. The van der Waals surface area contributed by atoms with Gasteiger partial charge < -0.3 is 5.32 Å². The number of nitro groups is 1. The van der Waals surface area contributed by atoms with Crippen molar-refractivity contribution < 1.29 is 18.1 Å². The van der Waals surface area contributed by atoms with Crippen molar-refractivity contribution in [1.29, 1.82) is 0 Å². The number of alkyl halides is 3. The van der Waals surface area contributed by atoms with Crippen LogP contribution in [-0.4, -0.2) is 17.1 Å². The van der Waals surface area contributed by atoms with Gasteiger partial charge in [0.2, 0.25) is 0 Å². The Labute approximate surface area is 133 Å². The van der Waals surface area contributed by atoms with Crippen LogP contribution in [0.15, 0.2) is 18.2 Å². The molecular formula is C16H21F3N2O2. The van der Waals surface area contributed by atoms with Gasteiger partial charge in [0.05, 0.1) is 10.8 Å². The van der Waals surface area contributed by atoms with E-state index in [2.05, 4.69) is 5.32 Å². The van der Waals surface area contributed by atoms with Crippen LogP contribution in [0, 0.1) is 23.0 Å². The van der Waals surface area contributed by atoms with E-state index in [0.29, 0.717) is 18.4 Å². The molecule has 2 rings (SSSR count). The summed E-state index contributed by atoms with van der Waals surface area (Å²) in [4.78, 5) is 10.6. The minimum absolute atomic E-state index is 0.0352. The molecule has 1 aromatic carbocycles. The van der Waals surface area contributed by atoms with E-state index >= 15 is 0 Å². The molecule has 1 aliphatic carbocycles. The highest BCUT2D eigenvalue weighted by Gasteiger charge is 2.42. The maximum Gasteiger partial charge on any atom is 0.391 e. The van der Waals surface area contributed by atoms with Gasteiger partial charge in [0, 0.05) is 23.7 Å². The maximum absolute atomic E-state index is 12.9. The van der Waals surface area contributed by atoms with Crippen LogP contribution < -0.4 is 5.32 Å². The number of hydrogen-bond donors (Lipinski definition) is 1. The second kappa shape index (κ2) is 6.86. The minimum atomic E-state index is -4.15. The molecule has 0 aliphatic heterocycles. The van der Waals surface area contributed by atoms with Gasteiger partial charge in [-0.05, 0) is 38.7 Å². The van der Waals surface area contributed by atoms with Crippen LogP contribution in [0.1, 0.15) is 49.8 Å². The van der Waals surface area contributed by atoms with E-state index in [9.17, 15) is 23.3 Å². The third-order valence-electron chi connectivity index (χ3n) is 4.55. The zero-order valence-electron chi connectivity index (χ0n) is 13.2. The van der Waals surface area contributed by atoms with Crippen molar-refractivity contribution in [2.75, 3.05) is 0 Å². The first-order chi connectivity index (χ1) is 10.7. The summed E-state index contributed by atoms with van der Waals surface area (Å²) in [7, 11) is 0. The second-order valence-electron chi connectivity index (χ2n) is 6.29. The first-order valence-corrected chi connectivity index (χ1v) is 7.76. The second-order valence-corrected chi connectivity index (χ2v) is 6.29. The van der Waals surface area contributed by atoms with E-state index in [1.54, 1.807) is 19.1 Å². The van der Waals surface area contributed by atoms with Crippen LogP contribution in [0.2, 0.25) is 0 Å². The quantitative estimate of drug-likeness (QED) is 0.644. The molecule has 1 aromatic rings. The van der Waals surface area contributed by atoms with Gasteiger partial charge in [0.15, 0.2) is 0 Å². The number of benzene rings is 1. The molecule has 23 heavy (non-hydrogen) atoms. The van der Waals surface area contributed by atoms with Gasteiger partial charge in [-0.25, -0.2) is 0 Å². The van der Waals surface area contributed by atoms with E-state index in [1.807, 2.05) is 6.92 Å². The van der Waals surface area contributed by atoms with Crippen LogP contribution in [-0.2, 0) is 0 Å². The Kier molecular flexibility index (Phi) is 5.29. The lowest BCUT2D eigenvalue weighted by Gasteiger charge is -2.33. The number of rotatable bonds is 4. The zero-order valence-corrected chi connectivity index (χ0v) is 13.2. The van der Waals surface area contributed by atoms with Crippen LogP contribution in [0.25, 0.3) is 0 Å². The number of nitro benzene ring substituents is 1. The molecule has 1 saturated carbocycles. The fraction of sp³-hybridized carbons (Fsp3) is 0.625. The van der Waals surface area contributed by atoms with E-state index in [-0.39, 0.29) is 30.6 Å². The highest BCUT2D eigenvalue weighted by atomic mass is 19.4. The van der Waals surface area contributed by atoms with Gasteiger partial charge in [-0.1, -0.05) is 18.6 Å². The molecular weight excluding hydrogens is 309 g/mol. The molecule has 4 nitrogen and oxygen atoms in total. The highest BCUT2D eigenvalue weighted by Crippen LogP contribution is 2.38. The number of aryl methyl sites for hydroxylation is 1. The molecule has 1 fully saturated rings. The molecule has 3 atom stereocenters. The molecule has 0 saturated heterocycles. The Morgan fingerprint density at radius 3 is 2.65 bits per heavy atom. The Morgan fingerprint density at radius 1 is 1.35 bits per heavy atom. The van der Waals surface area contributed by atoms with Crippen molar-refractivity contribution in [3.8, 4) is 0 Å². The van der Waals surface area contributed by atoms with Crippen LogP contribution in [0.4, 0.5) is 18.9 Å². The number of nitrogens with one attached hydrogen (secondary N) is 1. The SMILES string of the molecule is Cc1ccc(C(C)NC2CCCC(C(F)(F)F)C2)cc1[N+](=O)[O-]. The molecule has 0 radical (unpaired) electrons. The Bertz CT molecular complexity index is 575. The summed E-state index contributed by atoms with van der Waals surface area (Å²) in [5.74, 6) is -1.26. The Morgan fingerprint density at radius 2 is 2.04 bits per heavy atom. The number of hydrogen-bond acceptors (Lipinski definition) is 3. The Balaban J connectivity index is 2.05. The molecule has 1 N–H and O–H groups in total. The molecule has 0 amide bonds. The molecule has 0 bridgehead atoms. The summed E-state index contributed by atoms with van der Waals surface area (Å²) >= 11 is 0. The van der Waals surface area contributed by atoms with Gasteiger partial charge in [-0.15, -0.1) is 0 Å². The monoisotopic (exact) mass is 330 g/mol. The lowest BCUT2D eigenvalue weighted by atomic mass is 9.84. The molecule has 3 unspecified atom stereocenters. The van der Waals surface area contributed by atoms with Crippen molar-refractivity contribution >= 4 is 5.69 Å². The van der Waals surface area contributed by atoms with E-state index < -0.39 is 17.0 Å². The third-order valence-corrected chi connectivity index (χ3v) is 4.55. The topological polar surface area (TPSA) is 55.2 Å². The van der Waals surface area contributed by atoms with E-state index in [1.165, 1.54) is 6.07 Å². The minimum Gasteiger partial charge on any atom is -0.307 e. The molecule has 0 aromatic heterocycles. The normalized spacial score (nSPS) is 23.5. The average molecular weight is 330 g/mol. The largest absolute Gasteiger partial charge is 0.391 e. The number of nitrogens with zero attached hydrogens (tertiary/aromatic N) is 1. The number of halogens is 3. The van der Waals surface area contributed by atoms with Crippen molar-refractivity contribution in [1.82, 2.24) is 5.32 Å². The van der Waals surface area contributed by atoms with Crippen molar-refractivity contribution in [3.63, 3.8) is 0 Å². The average Bonchev–Trinajstić information content (AvgIpc) is 2.46. The van der Waals surface area contributed by atoms with Gasteiger partial charge >= 0.3 is 6.18 Å². The van der Waals surface area contributed by atoms with Gasteiger partial charge in [0.25, 0.3) is 5.69 Å². The summed E-state index contributed by atoms with van der Waals surface area (Å²) in [5.41, 5.74) is 1.32. The van der Waals surface area contributed by atoms with Gasteiger partial charge in [-0.2, -0.15) is 13.2 Å². The molecule has 7 heteroatoms. The van der Waals surface area contributed by atoms with Crippen LogP contribution in [0.3, 0.4) is 0 Å². The molecule has 128 valence electrons. The Hall–Kier alpha value is -1.63. The van der Waals surface area contributed by atoms with E-state index in [4.69, 9.17) is 0 Å². The lowest BCUT2D eigenvalue weighted by Crippen LogP contribution is -2.39. The van der Waals surface area contributed by atoms with Gasteiger partial charge in [0.1, 0.15) is 0 Å². The molecule has 0 spiro atoms. The summed E-state index contributed by atoms with van der Waals surface area (Å²) in [6.45, 7) is 3.49. The van der Waals surface area contributed by atoms with Crippen LogP contribution in [0.5, 0.6) is 0 Å². The van der Waals surface area contributed by atoms with Crippen molar-refractivity contribution in [3.05, 3.63) is 39.4 Å².